The van der Waals surface area contributed by atoms with Crippen molar-refractivity contribution in [3.05, 3.63) is 0 Å². The van der Waals surface area contributed by atoms with Crippen molar-refractivity contribution in [2.75, 3.05) is 0 Å². The number of nitrogens with zero attached hydrogens (tertiary/aromatic N) is 4. The fourth-order valence-electron chi connectivity index (χ4n) is 0.582. The van der Waals surface area contributed by atoms with Crippen LogP contribution in [0.3, 0.4) is 0 Å². The quantitative estimate of drug-likeness (QED) is 0.653. The average Bonchev–Trinajstić information content (AvgIpc) is 2.12. The number of hydrogen-bond donors (Lipinski definition) is 0. The van der Waals surface area contributed by atoms with Crippen molar-refractivity contribution in [1.29, 1.82) is 0 Å². The van der Waals surface area contributed by atoms with E-state index >= 15 is 0 Å². The molecule has 0 amide bonds. The second kappa shape index (κ2) is 2.94. The molecule has 0 aliphatic carbocycles. The van der Waals surface area contributed by atoms with Crippen LogP contribution >= 0.6 is 11.2 Å². The maximum atomic E-state index is 3.90. The van der Waals surface area contributed by atoms with Gasteiger partial charge in [0.05, 0.1) is 0 Å². The van der Waals surface area contributed by atoms with E-state index in [4.69, 9.17) is 0 Å². The summed E-state index contributed by atoms with van der Waals surface area (Å²) >= 11 is 1.80. The summed E-state index contributed by atoms with van der Waals surface area (Å²) in [6, 6.07) is 0. The van der Waals surface area contributed by atoms with E-state index in [2.05, 4.69) is 35.2 Å². The molecule has 1 rings (SSSR count). The molecule has 0 aliphatic heterocycles. The zero-order valence-corrected chi connectivity index (χ0v) is 9.01. The second-order valence-electron chi connectivity index (χ2n) is 3.30. The minimum Gasteiger partial charge on any atom is -0.224 e. The molecule has 0 bridgehead atoms. The van der Waals surface area contributed by atoms with Gasteiger partial charge in [0.2, 0.25) is 5.16 Å². The molecule has 0 spiro atoms. The van der Waals surface area contributed by atoms with Crippen molar-refractivity contribution in [1.82, 2.24) is 20.2 Å². The Hall–Kier alpha value is -0.363. The molecule has 0 aromatic carbocycles. The fourth-order valence-corrected chi connectivity index (χ4v) is 3.54. The van der Waals surface area contributed by atoms with Crippen LogP contribution in [-0.2, 0) is 7.05 Å². The van der Waals surface area contributed by atoms with E-state index in [1.165, 1.54) is 0 Å². The molecule has 6 heteroatoms. The Labute approximate surface area is 71.0 Å². The summed E-state index contributed by atoms with van der Waals surface area (Å²) in [5, 5.41) is 12.1. The summed E-state index contributed by atoms with van der Waals surface area (Å²) in [6.07, 6.45) is 0. The normalized spacial score (nSPS) is 12.0. The minimum atomic E-state index is -1.14. The van der Waals surface area contributed by atoms with Crippen molar-refractivity contribution < 1.29 is 0 Å². The Morgan fingerprint density at radius 2 is 2.00 bits per heavy atom. The number of tetrazole rings is 1. The lowest BCUT2D eigenvalue weighted by atomic mass is 11.2. The van der Waals surface area contributed by atoms with E-state index in [9.17, 15) is 0 Å². The maximum Gasteiger partial charge on any atom is 0.203 e. The molecule has 1 heterocycles. The van der Waals surface area contributed by atoms with Crippen molar-refractivity contribution in [3.8, 4) is 0 Å². The molecule has 0 radical (unpaired) electrons. The topological polar surface area (TPSA) is 43.6 Å². The third kappa shape index (κ3) is 2.62. The first-order valence-electron chi connectivity index (χ1n) is 3.40. The van der Waals surface area contributed by atoms with Crippen LogP contribution < -0.4 is 0 Å². The maximum absolute atomic E-state index is 3.90. The molecule has 0 aliphatic rings. The van der Waals surface area contributed by atoms with Gasteiger partial charge in [-0.2, -0.15) is 0 Å². The van der Waals surface area contributed by atoms with E-state index in [1.807, 2.05) is 7.05 Å². The van der Waals surface area contributed by atoms with Crippen molar-refractivity contribution in [2.24, 2.45) is 7.05 Å². The van der Waals surface area contributed by atoms with Gasteiger partial charge in [-0.3, -0.25) is 0 Å². The molecular weight excluding hydrogens is 176 g/mol. The van der Waals surface area contributed by atoms with Crippen molar-refractivity contribution in [3.63, 3.8) is 0 Å². The molecule has 62 valence electrons. The highest BCUT2D eigenvalue weighted by Gasteiger charge is 2.18. The lowest BCUT2D eigenvalue weighted by Crippen LogP contribution is -2.15. The summed E-state index contributed by atoms with van der Waals surface area (Å²) < 4.78 is 1.71. The van der Waals surface area contributed by atoms with E-state index < -0.39 is 7.22 Å². The lowest BCUT2D eigenvalue weighted by molar-refractivity contribution is 0.665. The molecular formula is C5H12N4SSi. The van der Waals surface area contributed by atoms with Gasteiger partial charge in [-0.05, 0) is 10.4 Å². The summed E-state index contributed by atoms with van der Waals surface area (Å²) in [7, 11) is 0.724. The summed E-state index contributed by atoms with van der Waals surface area (Å²) in [5.74, 6) is 0. The number of hydrogen-bond acceptors (Lipinski definition) is 4. The van der Waals surface area contributed by atoms with Gasteiger partial charge in [0, 0.05) is 7.05 Å². The predicted molar refractivity (Wildman–Crippen MR) is 48.0 cm³/mol. The van der Waals surface area contributed by atoms with Crippen LogP contribution in [-0.4, -0.2) is 27.4 Å². The van der Waals surface area contributed by atoms with E-state index in [0.29, 0.717) is 0 Å². The zero-order chi connectivity index (χ0) is 8.48. The van der Waals surface area contributed by atoms with Gasteiger partial charge >= 0.3 is 0 Å². The number of aromatic nitrogens is 4. The molecule has 1 aromatic heterocycles. The highest BCUT2D eigenvalue weighted by molar-refractivity contribution is 8.28. The third-order valence-electron chi connectivity index (χ3n) is 0.979. The average molecular weight is 188 g/mol. The molecule has 4 nitrogen and oxygen atoms in total. The molecule has 0 N–H and O–H groups in total. The molecule has 11 heavy (non-hydrogen) atoms. The van der Waals surface area contributed by atoms with Crippen LogP contribution in [0.1, 0.15) is 0 Å². The Morgan fingerprint density at radius 1 is 1.36 bits per heavy atom. The molecule has 0 saturated heterocycles. The Morgan fingerprint density at radius 3 is 2.36 bits per heavy atom. The van der Waals surface area contributed by atoms with Gasteiger partial charge in [0.15, 0.2) is 0 Å². The van der Waals surface area contributed by atoms with Crippen LogP contribution in [0.2, 0.25) is 19.6 Å². The largest absolute Gasteiger partial charge is 0.224 e. The Balaban J connectivity index is 2.72. The molecule has 0 fully saturated rings. The molecule has 0 saturated carbocycles. The monoisotopic (exact) mass is 188 g/mol. The minimum absolute atomic E-state index is 0.921. The van der Waals surface area contributed by atoms with Crippen LogP contribution in [0.25, 0.3) is 0 Å². The molecule has 0 unspecified atom stereocenters. The van der Waals surface area contributed by atoms with Crippen molar-refractivity contribution >= 4 is 18.4 Å². The Bertz CT molecular complexity index is 241. The van der Waals surface area contributed by atoms with Gasteiger partial charge in [-0.1, -0.05) is 19.6 Å². The van der Waals surface area contributed by atoms with Crippen LogP contribution in [0, 0.1) is 0 Å². The van der Waals surface area contributed by atoms with Gasteiger partial charge < -0.3 is 0 Å². The van der Waals surface area contributed by atoms with Gasteiger partial charge in [-0.25, -0.2) is 4.68 Å². The summed E-state index contributed by atoms with van der Waals surface area (Å²) in [6.45, 7) is 6.81. The molecule has 0 atom stereocenters. The van der Waals surface area contributed by atoms with Gasteiger partial charge in [0.1, 0.15) is 7.22 Å². The predicted octanol–water partition coefficient (Wildman–Crippen LogP) is 1.14. The SMILES string of the molecule is Cn1nnnc1S[Si](C)(C)C. The van der Waals surface area contributed by atoms with E-state index in [1.54, 1.807) is 15.9 Å². The first-order valence-corrected chi connectivity index (χ1v) is 8.44. The summed E-state index contributed by atoms with van der Waals surface area (Å²) in [5.41, 5.74) is 0. The lowest BCUT2D eigenvalue weighted by Gasteiger charge is -2.12. The van der Waals surface area contributed by atoms with Gasteiger partial charge in [-0.15, -0.1) is 16.3 Å². The zero-order valence-electron chi connectivity index (χ0n) is 7.20. The standard InChI is InChI=1S/C5H12N4SSi/c1-9-5(6-7-8-9)10-11(2,3)4/h1-4H3. The van der Waals surface area contributed by atoms with Crippen LogP contribution in [0.5, 0.6) is 0 Å². The first kappa shape index (κ1) is 8.73. The van der Waals surface area contributed by atoms with E-state index in [-0.39, 0.29) is 0 Å². The first-order chi connectivity index (χ1) is 4.99. The summed E-state index contributed by atoms with van der Waals surface area (Å²) in [4.78, 5) is 0. The highest BCUT2D eigenvalue weighted by atomic mass is 32.4. The van der Waals surface area contributed by atoms with E-state index in [0.717, 1.165) is 5.16 Å². The third-order valence-corrected chi connectivity index (χ3v) is 4.50. The highest BCUT2D eigenvalue weighted by Crippen LogP contribution is 2.25. The van der Waals surface area contributed by atoms with Crippen molar-refractivity contribution in [2.45, 2.75) is 24.8 Å². The van der Waals surface area contributed by atoms with Crippen LogP contribution in [0.4, 0.5) is 0 Å². The smallest absolute Gasteiger partial charge is 0.203 e. The van der Waals surface area contributed by atoms with Gasteiger partial charge in [0.25, 0.3) is 0 Å². The van der Waals surface area contributed by atoms with Crippen LogP contribution in [0.15, 0.2) is 5.16 Å². The fraction of sp³-hybridized carbons (Fsp3) is 0.800. The number of rotatable bonds is 2. The molecule has 1 aromatic rings. The second-order valence-corrected chi connectivity index (χ2v) is 12.4. The Kier molecular flexibility index (Phi) is 2.33. The number of aryl methyl sites for hydroxylation is 1.